The molecule has 1 aliphatic carbocycles. The Morgan fingerprint density at radius 2 is 1.56 bits per heavy atom. The van der Waals surface area contributed by atoms with E-state index in [-0.39, 0.29) is 13.4 Å². The first-order valence-electron chi connectivity index (χ1n) is 13.6. The smallest absolute Gasteiger partial charge is 0.310 e. The summed E-state index contributed by atoms with van der Waals surface area (Å²) in [5.41, 5.74) is -1.45. The lowest BCUT2D eigenvalue weighted by atomic mass is 9.53. The van der Waals surface area contributed by atoms with Crippen molar-refractivity contribution < 1.29 is 43.4 Å². The van der Waals surface area contributed by atoms with E-state index in [0.29, 0.717) is 51.0 Å². The molecule has 6 rings (SSSR count). The molecule has 3 aliphatic rings. The van der Waals surface area contributed by atoms with E-state index in [4.69, 9.17) is 28.4 Å². The molecule has 2 N–H and O–H groups in total. The van der Waals surface area contributed by atoms with Crippen LogP contribution in [0.1, 0.15) is 42.0 Å². The van der Waals surface area contributed by atoms with Crippen LogP contribution in [0, 0.1) is 17.8 Å². The Balaban J connectivity index is 1.68. The van der Waals surface area contributed by atoms with E-state index in [1.807, 2.05) is 32.0 Å². The van der Waals surface area contributed by atoms with Gasteiger partial charge in [0.15, 0.2) is 23.0 Å². The van der Waals surface area contributed by atoms with E-state index in [9.17, 15) is 15.0 Å². The standard InChI is InChI=1S/C32H34O9/c1-17(2)31(34,19-9-7-6-8-10-19)32(35)21-14-24-23(40-16-41-24)13-20(21)27(28-22(32)15-39-30(28)33)18-11-25(36-3)29(38-5)26(12-18)37-4/h6-14,17,22,27-28,34-35H,15-16H2,1-5H3/t22-,27+,28-,31+,32+/m0/s1. The fourth-order valence-corrected chi connectivity index (χ4v) is 7.06. The van der Waals surface area contributed by atoms with Crippen molar-refractivity contribution in [1.29, 1.82) is 0 Å². The quantitative estimate of drug-likeness (QED) is 0.411. The second-order valence-corrected chi connectivity index (χ2v) is 11.0. The number of carbonyl (C=O) groups excluding carboxylic acids is 1. The van der Waals surface area contributed by atoms with Crippen molar-refractivity contribution in [1.82, 2.24) is 0 Å². The third kappa shape index (κ3) is 3.72. The van der Waals surface area contributed by atoms with Gasteiger partial charge in [0.1, 0.15) is 11.2 Å². The molecule has 3 aromatic rings. The van der Waals surface area contributed by atoms with Crippen LogP contribution >= 0.6 is 0 Å². The number of hydrogen-bond donors (Lipinski definition) is 2. The Hall–Kier alpha value is -3.95. The summed E-state index contributed by atoms with van der Waals surface area (Å²) in [6.45, 7) is 3.66. The summed E-state index contributed by atoms with van der Waals surface area (Å²) in [7, 11) is 4.58. The molecule has 41 heavy (non-hydrogen) atoms. The molecule has 0 saturated carbocycles. The molecule has 0 unspecified atom stereocenters. The van der Waals surface area contributed by atoms with Crippen molar-refractivity contribution >= 4 is 5.97 Å². The number of hydrogen-bond acceptors (Lipinski definition) is 9. The summed E-state index contributed by atoms with van der Waals surface area (Å²) in [5, 5.41) is 25.8. The third-order valence-electron chi connectivity index (χ3n) is 8.97. The van der Waals surface area contributed by atoms with Crippen LogP contribution in [-0.2, 0) is 20.7 Å². The first kappa shape index (κ1) is 27.2. The summed E-state index contributed by atoms with van der Waals surface area (Å²) in [6.07, 6.45) is 0. The van der Waals surface area contributed by atoms with E-state index in [2.05, 4.69) is 0 Å². The highest BCUT2D eigenvalue weighted by atomic mass is 16.7. The molecule has 3 aromatic carbocycles. The third-order valence-corrected chi connectivity index (χ3v) is 8.97. The average molecular weight is 563 g/mol. The number of fused-ring (bicyclic) bond motifs is 3. The van der Waals surface area contributed by atoms with Gasteiger partial charge < -0.3 is 38.6 Å². The van der Waals surface area contributed by atoms with Crippen molar-refractivity contribution in [2.24, 2.45) is 17.8 Å². The number of rotatable bonds is 7. The second-order valence-electron chi connectivity index (χ2n) is 11.0. The predicted octanol–water partition coefficient (Wildman–Crippen LogP) is 4.11. The fraction of sp³-hybridized carbons (Fsp3) is 0.406. The highest BCUT2D eigenvalue weighted by Crippen LogP contribution is 2.63. The van der Waals surface area contributed by atoms with Crippen molar-refractivity contribution in [2.45, 2.75) is 31.0 Å². The number of benzene rings is 3. The highest BCUT2D eigenvalue weighted by molar-refractivity contribution is 5.79. The lowest BCUT2D eigenvalue weighted by molar-refractivity contribution is -0.227. The molecular weight excluding hydrogens is 528 g/mol. The van der Waals surface area contributed by atoms with Crippen LogP contribution in [0.3, 0.4) is 0 Å². The van der Waals surface area contributed by atoms with Crippen molar-refractivity contribution in [3.63, 3.8) is 0 Å². The van der Waals surface area contributed by atoms with Gasteiger partial charge in [0.2, 0.25) is 12.5 Å². The average Bonchev–Trinajstić information content (AvgIpc) is 3.62. The number of esters is 1. The Bertz CT molecular complexity index is 1460. The first-order chi connectivity index (χ1) is 19.7. The van der Waals surface area contributed by atoms with Crippen LogP contribution in [0.4, 0.5) is 0 Å². The van der Waals surface area contributed by atoms with Gasteiger partial charge in [-0.2, -0.15) is 0 Å². The summed E-state index contributed by atoms with van der Waals surface area (Å²) >= 11 is 0. The zero-order chi connectivity index (χ0) is 29.1. The van der Waals surface area contributed by atoms with Crippen LogP contribution in [-0.4, -0.2) is 50.9 Å². The summed E-state index contributed by atoms with van der Waals surface area (Å²) in [5.74, 6) is -0.954. The molecule has 2 aliphatic heterocycles. The minimum Gasteiger partial charge on any atom is -0.493 e. The van der Waals surface area contributed by atoms with Crippen LogP contribution in [0.5, 0.6) is 28.7 Å². The normalized spacial score (nSPS) is 25.7. The Labute approximate surface area is 238 Å². The van der Waals surface area contributed by atoms with Gasteiger partial charge in [-0.1, -0.05) is 44.2 Å². The van der Waals surface area contributed by atoms with E-state index >= 15 is 0 Å². The minimum absolute atomic E-state index is 0.0214. The number of methoxy groups -OCH3 is 3. The van der Waals surface area contributed by atoms with Crippen LogP contribution in [0.25, 0.3) is 0 Å². The van der Waals surface area contributed by atoms with E-state index in [1.54, 1.807) is 36.4 Å². The van der Waals surface area contributed by atoms with Gasteiger partial charge in [-0.3, -0.25) is 4.79 Å². The molecule has 0 amide bonds. The molecule has 5 atom stereocenters. The summed E-state index contributed by atoms with van der Waals surface area (Å²) in [4.78, 5) is 13.6. The number of cyclic esters (lactones) is 1. The van der Waals surface area contributed by atoms with Crippen LogP contribution in [0.15, 0.2) is 54.6 Å². The topological polar surface area (TPSA) is 113 Å². The molecule has 0 aromatic heterocycles. The van der Waals surface area contributed by atoms with Gasteiger partial charge in [0, 0.05) is 11.8 Å². The molecule has 9 nitrogen and oxygen atoms in total. The van der Waals surface area contributed by atoms with Gasteiger partial charge in [0.05, 0.1) is 33.9 Å². The van der Waals surface area contributed by atoms with E-state index in [0.717, 1.165) is 0 Å². The maximum Gasteiger partial charge on any atom is 0.310 e. The van der Waals surface area contributed by atoms with Crippen molar-refractivity contribution in [2.75, 3.05) is 34.7 Å². The first-order valence-corrected chi connectivity index (χ1v) is 13.6. The minimum atomic E-state index is -1.94. The van der Waals surface area contributed by atoms with E-state index in [1.165, 1.54) is 21.3 Å². The molecule has 2 heterocycles. The van der Waals surface area contributed by atoms with Crippen LogP contribution < -0.4 is 23.7 Å². The molecular formula is C32H34O9. The zero-order valence-corrected chi connectivity index (χ0v) is 23.7. The molecule has 1 saturated heterocycles. The van der Waals surface area contributed by atoms with Gasteiger partial charge in [-0.25, -0.2) is 0 Å². The number of aliphatic hydroxyl groups is 2. The molecule has 1 fully saturated rings. The SMILES string of the molecule is COc1cc([C@@H]2c3cc4c(cc3[C@](O)([C@](O)(c3ccccc3)C(C)C)[C@H]3COC(=O)[C@H]23)OCO4)cc(OC)c1OC. The second kappa shape index (κ2) is 9.85. The maximum absolute atomic E-state index is 13.6. The molecule has 0 bridgehead atoms. The summed E-state index contributed by atoms with van der Waals surface area (Å²) < 4.78 is 34.0. The summed E-state index contributed by atoms with van der Waals surface area (Å²) in [6, 6.07) is 16.2. The van der Waals surface area contributed by atoms with Crippen LogP contribution in [0.2, 0.25) is 0 Å². The largest absolute Gasteiger partial charge is 0.493 e. The highest BCUT2D eigenvalue weighted by Gasteiger charge is 2.67. The molecule has 9 heteroatoms. The van der Waals surface area contributed by atoms with Gasteiger partial charge in [-0.15, -0.1) is 0 Å². The predicted molar refractivity (Wildman–Crippen MR) is 148 cm³/mol. The lowest BCUT2D eigenvalue weighted by Crippen LogP contribution is -2.61. The molecule has 0 radical (unpaired) electrons. The lowest BCUT2D eigenvalue weighted by Gasteiger charge is -2.54. The Kier molecular flexibility index (Phi) is 6.54. The zero-order valence-electron chi connectivity index (χ0n) is 23.7. The maximum atomic E-state index is 13.6. The Morgan fingerprint density at radius 3 is 2.15 bits per heavy atom. The Morgan fingerprint density at radius 1 is 0.927 bits per heavy atom. The molecule has 0 spiro atoms. The fourth-order valence-electron chi connectivity index (χ4n) is 7.06. The number of carbonyl (C=O) groups is 1. The van der Waals surface area contributed by atoms with Gasteiger partial charge in [0.25, 0.3) is 0 Å². The van der Waals surface area contributed by atoms with E-state index < -0.39 is 40.8 Å². The van der Waals surface area contributed by atoms with Crippen molar-refractivity contribution in [3.05, 3.63) is 76.9 Å². The van der Waals surface area contributed by atoms with Gasteiger partial charge >= 0.3 is 5.97 Å². The van der Waals surface area contributed by atoms with Crippen molar-refractivity contribution in [3.8, 4) is 28.7 Å². The van der Waals surface area contributed by atoms with Gasteiger partial charge in [-0.05, 0) is 52.4 Å². The number of ether oxygens (including phenoxy) is 6. The molecule has 216 valence electrons. The monoisotopic (exact) mass is 562 g/mol.